The number of hydrogen-bond acceptors (Lipinski definition) is 4. The molecule has 1 N–H and O–H groups in total. The summed E-state index contributed by atoms with van der Waals surface area (Å²) in [6.07, 6.45) is 0.921. The van der Waals surface area contributed by atoms with E-state index in [4.69, 9.17) is 4.74 Å². The maximum atomic E-state index is 11.6. The highest BCUT2D eigenvalue weighted by Gasteiger charge is 2.05. The average molecular weight is 304 g/mol. The Bertz CT molecular complexity index is 635. The average Bonchev–Trinajstić information content (AvgIpc) is 2.47. The molecule has 1 aromatic heterocycles. The second kappa shape index (κ2) is 7.31. The molecule has 0 bridgehead atoms. The summed E-state index contributed by atoms with van der Waals surface area (Å²) in [7, 11) is 1.66. The number of aromatic nitrogens is 2. The van der Waals surface area contributed by atoms with Crippen molar-refractivity contribution in [3.63, 3.8) is 0 Å². The van der Waals surface area contributed by atoms with Gasteiger partial charge in [0.15, 0.2) is 5.16 Å². The lowest BCUT2D eigenvalue weighted by Crippen LogP contribution is -2.11. The monoisotopic (exact) mass is 304 g/mol. The Hall–Kier alpha value is -1.75. The molecule has 4 nitrogen and oxygen atoms in total. The molecule has 0 aliphatic carbocycles. The largest absolute Gasteiger partial charge is 0.497 e. The van der Waals surface area contributed by atoms with E-state index in [0.29, 0.717) is 5.16 Å². The number of aryl methyl sites for hydroxylation is 1. The Morgan fingerprint density at radius 3 is 2.62 bits per heavy atom. The van der Waals surface area contributed by atoms with Gasteiger partial charge in [-0.2, -0.15) is 0 Å². The lowest BCUT2D eigenvalue weighted by Gasteiger charge is -2.07. The van der Waals surface area contributed by atoms with Crippen LogP contribution in [0.15, 0.2) is 40.3 Å². The van der Waals surface area contributed by atoms with Crippen LogP contribution in [-0.2, 0) is 6.42 Å². The molecule has 0 aliphatic heterocycles. The Labute approximate surface area is 129 Å². The molecule has 0 fully saturated rings. The minimum atomic E-state index is -0.0827. The fourth-order valence-electron chi connectivity index (χ4n) is 1.88. The molecule has 0 unspecified atom stereocenters. The first-order valence-corrected chi connectivity index (χ1v) is 7.94. The van der Waals surface area contributed by atoms with Crippen molar-refractivity contribution in [3.05, 3.63) is 51.9 Å². The highest BCUT2D eigenvalue weighted by Crippen LogP contribution is 2.18. The lowest BCUT2D eigenvalue weighted by molar-refractivity contribution is 0.414. The highest BCUT2D eigenvalue weighted by atomic mass is 32.2. The molecular weight excluding hydrogens is 284 g/mol. The second-order valence-corrected chi connectivity index (χ2v) is 6.16. The van der Waals surface area contributed by atoms with Crippen LogP contribution < -0.4 is 10.3 Å². The zero-order chi connectivity index (χ0) is 15.2. The molecule has 0 saturated carbocycles. The SMILES string of the molecule is COc1ccc(CCSc2nc(C(C)C)cc(=O)[nH]2)cc1. The number of nitrogens with zero attached hydrogens (tertiary/aromatic N) is 1. The van der Waals surface area contributed by atoms with Gasteiger partial charge in [0, 0.05) is 11.8 Å². The van der Waals surface area contributed by atoms with Crippen LogP contribution in [0.4, 0.5) is 0 Å². The van der Waals surface area contributed by atoms with Crippen molar-refractivity contribution in [3.8, 4) is 5.75 Å². The zero-order valence-corrected chi connectivity index (χ0v) is 13.4. The molecule has 0 aliphatic rings. The summed E-state index contributed by atoms with van der Waals surface area (Å²) in [6, 6.07) is 9.59. The van der Waals surface area contributed by atoms with Crippen molar-refractivity contribution in [2.24, 2.45) is 0 Å². The van der Waals surface area contributed by atoms with Crippen LogP contribution in [0, 0.1) is 0 Å². The molecule has 5 heteroatoms. The predicted molar refractivity (Wildman–Crippen MR) is 86.4 cm³/mol. The van der Waals surface area contributed by atoms with E-state index < -0.39 is 0 Å². The molecular formula is C16H20N2O2S. The number of H-pyrrole nitrogens is 1. The van der Waals surface area contributed by atoms with Crippen molar-refractivity contribution in [1.29, 1.82) is 0 Å². The summed E-state index contributed by atoms with van der Waals surface area (Å²) < 4.78 is 5.14. The van der Waals surface area contributed by atoms with Crippen LogP contribution >= 0.6 is 11.8 Å². The molecule has 112 valence electrons. The molecule has 21 heavy (non-hydrogen) atoms. The van der Waals surface area contributed by atoms with Crippen molar-refractivity contribution < 1.29 is 4.74 Å². The zero-order valence-electron chi connectivity index (χ0n) is 12.6. The molecule has 1 aromatic carbocycles. The predicted octanol–water partition coefficient (Wildman–Crippen LogP) is 3.24. The van der Waals surface area contributed by atoms with Gasteiger partial charge >= 0.3 is 0 Å². The van der Waals surface area contributed by atoms with Crippen LogP contribution in [0.25, 0.3) is 0 Å². The normalized spacial score (nSPS) is 10.9. The van der Waals surface area contributed by atoms with Gasteiger partial charge in [-0.3, -0.25) is 4.79 Å². The number of rotatable bonds is 6. The van der Waals surface area contributed by atoms with E-state index in [1.165, 1.54) is 5.56 Å². The van der Waals surface area contributed by atoms with Gasteiger partial charge in [-0.25, -0.2) is 4.98 Å². The molecule has 2 rings (SSSR count). The van der Waals surface area contributed by atoms with Crippen molar-refractivity contribution in [2.45, 2.75) is 31.3 Å². The Kier molecular flexibility index (Phi) is 5.44. The number of ether oxygens (including phenoxy) is 1. The van der Waals surface area contributed by atoms with Crippen molar-refractivity contribution in [1.82, 2.24) is 9.97 Å². The summed E-state index contributed by atoms with van der Waals surface area (Å²) in [4.78, 5) is 18.9. The number of hydrogen-bond donors (Lipinski definition) is 1. The summed E-state index contributed by atoms with van der Waals surface area (Å²) in [6.45, 7) is 4.07. The maximum absolute atomic E-state index is 11.6. The van der Waals surface area contributed by atoms with E-state index in [9.17, 15) is 4.79 Å². The van der Waals surface area contributed by atoms with Crippen LogP contribution in [0.1, 0.15) is 31.0 Å². The number of aromatic amines is 1. The molecule has 0 spiro atoms. The topological polar surface area (TPSA) is 55.0 Å². The first kappa shape index (κ1) is 15.6. The quantitative estimate of drug-likeness (QED) is 0.657. The first-order chi connectivity index (χ1) is 10.1. The molecule has 0 atom stereocenters. The van der Waals surface area contributed by atoms with E-state index in [1.807, 2.05) is 26.0 Å². The summed E-state index contributed by atoms with van der Waals surface area (Å²) in [5, 5.41) is 0.694. The summed E-state index contributed by atoms with van der Waals surface area (Å²) in [5.74, 6) is 1.99. The summed E-state index contributed by atoms with van der Waals surface area (Å²) >= 11 is 1.57. The third-order valence-corrected chi connectivity index (χ3v) is 3.99. The van der Waals surface area contributed by atoms with Crippen LogP contribution in [0.5, 0.6) is 5.75 Å². The smallest absolute Gasteiger partial charge is 0.251 e. The first-order valence-electron chi connectivity index (χ1n) is 6.95. The Balaban J connectivity index is 1.95. The van der Waals surface area contributed by atoms with Crippen LogP contribution in [0.3, 0.4) is 0 Å². The minimum Gasteiger partial charge on any atom is -0.497 e. The van der Waals surface area contributed by atoms with Gasteiger partial charge in [-0.1, -0.05) is 37.7 Å². The maximum Gasteiger partial charge on any atom is 0.251 e. The van der Waals surface area contributed by atoms with E-state index in [2.05, 4.69) is 22.1 Å². The Morgan fingerprint density at radius 1 is 1.29 bits per heavy atom. The van der Waals surface area contributed by atoms with E-state index in [0.717, 1.165) is 23.6 Å². The molecule has 0 saturated heterocycles. The molecule has 0 amide bonds. The van der Waals surface area contributed by atoms with Crippen molar-refractivity contribution >= 4 is 11.8 Å². The fraction of sp³-hybridized carbons (Fsp3) is 0.375. The van der Waals surface area contributed by atoms with Gasteiger partial charge in [0.05, 0.1) is 12.8 Å². The van der Waals surface area contributed by atoms with E-state index in [-0.39, 0.29) is 11.5 Å². The number of methoxy groups -OCH3 is 1. The van der Waals surface area contributed by atoms with Crippen LogP contribution in [-0.4, -0.2) is 22.8 Å². The number of thioether (sulfide) groups is 1. The molecule has 2 aromatic rings. The van der Waals surface area contributed by atoms with Crippen LogP contribution in [0.2, 0.25) is 0 Å². The van der Waals surface area contributed by atoms with Gasteiger partial charge in [0.2, 0.25) is 0 Å². The third-order valence-electron chi connectivity index (χ3n) is 3.12. The number of benzene rings is 1. The highest BCUT2D eigenvalue weighted by molar-refractivity contribution is 7.99. The summed E-state index contributed by atoms with van der Waals surface area (Å²) in [5.41, 5.74) is 2.00. The number of nitrogens with one attached hydrogen (secondary N) is 1. The van der Waals surface area contributed by atoms with Gasteiger partial charge in [0.25, 0.3) is 5.56 Å². The second-order valence-electron chi connectivity index (χ2n) is 5.08. The minimum absolute atomic E-state index is 0.0827. The lowest BCUT2D eigenvalue weighted by atomic mass is 10.1. The Morgan fingerprint density at radius 2 is 2.00 bits per heavy atom. The van der Waals surface area contributed by atoms with E-state index >= 15 is 0 Å². The molecule has 1 heterocycles. The van der Waals surface area contributed by atoms with E-state index in [1.54, 1.807) is 24.9 Å². The third kappa shape index (κ3) is 4.63. The van der Waals surface area contributed by atoms with Gasteiger partial charge < -0.3 is 9.72 Å². The van der Waals surface area contributed by atoms with Gasteiger partial charge in [-0.05, 0) is 30.0 Å². The van der Waals surface area contributed by atoms with Gasteiger partial charge in [0.1, 0.15) is 5.75 Å². The van der Waals surface area contributed by atoms with Gasteiger partial charge in [-0.15, -0.1) is 0 Å². The molecule has 0 radical (unpaired) electrons. The van der Waals surface area contributed by atoms with Crippen molar-refractivity contribution in [2.75, 3.05) is 12.9 Å². The standard InChI is InChI=1S/C16H20N2O2S/c1-11(2)14-10-15(19)18-16(17-14)21-9-8-12-4-6-13(20-3)7-5-12/h4-7,10-11H,8-9H2,1-3H3,(H,17,18,19). The fourth-order valence-corrected chi connectivity index (χ4v) is 2.75.